The first kappa shape index (κ1) is 83.1. The Bertz CT molecular complexity index is 2730. The highest BCUT2D eigenvalue weighted by atomic mass is 32.2. The van der Waals surface area contributed by atoms with Crippen LogP contribution in [0.4, 0.5) is 5.69 Å². The van der Waals surface area contributed by atoms with Gasteiger partial charge < -0.3 is 113 Å². The van der Waals surface area contributed by atoms with Crippen molar-refractivity contribution in [2.24, 2.45) is 39.4 Å². The van der Waals surface area contributed by atoms with Crippen LogP contribution in [0.25, 0.3) is 0 Å². The number of hydrogen-bond acceptors (Lipinski definition) is 23. The number of nitro benzene ring substituents is 1. The van der Waals surface area contributed by atoms with Crippen LogP contribution in [0.1, 0.15) is 103 Å². The molecule has 1 aromatic carbocycles. The van der Waals surface area contributed by atoms with Gasteiger partial charge in [0.2, 0.25) is 70.9 Å². The third kappa shape index (κ3) is 34.1. The van der Waals surface area contributed by atoms with Crippen LogP contribution in [0.3, 0.4) is 0 Å². The lowest BCUT2D eigenvalue weighted by molar-refractivity contribution is -0.384. The number of aliphatic hydroxyl groups excluding tert-OH is 3. The molecule has 0 aromatic heterocycles. The van der Waals surface area contributed by atoms with Gasteiger partial charge in [0.25, 0.3) is 5.69 Å². The molecule has 11 atom stereocenters. The number of unbranched alkanes of at least 4 members (excludes halogenated alkanes) is 2. The molecular weight excluding hydrogens is 1260 g/mol. The third-order valence-corrected chi connectivity index (χ3v) is 14.7. The van der Waals surface area contributed by atoms with Gasteiger partial charge in [-0.05, 0) is 103 Å². The van der Waals surface area contributed by atoms with E-state index in [9.17, 15) is 92.9 Å². The van der Waals surface area contributed by atoms with E-state index >= 15 is 0 Å². The maximum absolute atomic E-state index is 14.3. The normalized spacial score (nSPS) is 14.4. The number of nitrogens with zero attached hydrogens (tertiary/aromatic N) is 2. The van der Waals surface area contributed by atoms with E-state index in [-0.39, 0.29) is 81.2 Å². The van der Waals surface area contributed by atoms with Gasteiger partial charge >= 0.3 is 5.97 Å². The van der Waals surface area contributed by atoms with E-state index in [4.69, 9.17) is 34.4 Å². The van der Waals surface area contributed by atoms with Gasteiger partial charge in [-0.25, -0.2) is 4.79 Å². The fourth-order valence-corrected chi connectivity index (χ4v) is 9.21. The standard InChI is InChI=1S/C55H93N19O19S/c1-29(66-53(89)45(31(3)77)73-49(85)36(18-19-40(59)78)69-47(83)34(58)10-4-6-20-56)46(82)68-35(12-8-22-62-55(60)61)48(84)71-39(28-94-23-9-13-41(79)63-24-32-14-16-33(17-15-32)74(92)93)51(87)70-38(27-75)50(86)72-44(30(2)76)52(88)65-25-42(80)64-26-43(81)67-37(54(90)91)11-5-7-21-57/h14-17,29-31,34-39,44-45,75-77H,4-13,18-28,56-58H2,1-3H3,(H2,59,78)(H,63,79)(H,64,80)(H,65,88)(H,66,89)(H,67,81)(H,68,82)(H,69,83)(H,70,87)(H,71,84)(H,72,86)(H,73,85)(H,90,91)(H4,60,61,62)/t29-,30+,31+,34-,35-,36-,37-,38-,39-,44-,45-/m0/s1. The summed E-state index contributed by atoms with van der Waals surface area (Å²) < 4.78 is 0. The summed E-state index contributed by atoms with van der Waals surface area (Å²) in [5.41, 5.74) is 33.6. The molecule has 0 saturated heterocycles. The summed E-state index contributed by atoms with van der Waals surface area (Å²) >= 11 is 1.03. The molecule has 0 spiro atoms. The first-order chi connectivity index (χ1) is 44.3. The largest absolute Gasteiger partial charge is 0.480 e. The van der Waals surface area contributed by atoms with Crippen LogP contribution < -0.4 is 92.9 Å². The molecule has 0 radical (unpaired) electrons. The quantitative estimate of drug-likeness (QED) is 0.00947. The number of hydrogen-bond donors (Lipinski definition) is 21. The number of nitro groups is 1. The van der Waals surface area contributed by atoms with Crippen molar-refractivity contribution in [3.63, 3.8) is 0 Å². The molecule has 27 N–H and O–H groups in total. The summed E-state index contributed by atoms with van der Waals surface area (Å²) in [7, 11) is 0. The summed E-state index contributed by atoms with van der Waals surface area (Å²) in [5.74, 6) is -13.5. The molecule has 0 aliphatic heterocycles. The fourth-order valence-electron chi connectivity index (χ4n) is 8.23. The molecule has 0 unspecified atom stereocenters. The minimum Gasteiger partial charge on any atom is -0.480 e. The topological polar surface area (TPSA) is 647 Å². The fraction of sp³-hybridized carbons (Fsp3) is 0.636. The monoisotopic (exact) mass is 1360 g/mol. The number of primary amides is 1. The predicted octanol–water partition coefficient (Wildman–Crippen LogP) is -8.40. The maximum atomic E-state index is 14.3. The summed E-state index contributed by atoms with van der Waals surface area (Å²) in [6.45, 7) is 1.30. The molecule has 0 saturated carbocycles. The highest BCUT2D eigenvalue weighted by Gasteiger charge is 2.36. The Morgan fingerprint density at radius 2 is 1.07 bits per heavy atom. The first-order valence-electron chi connectivity index (χ1n) is 30.1. The van der Waals surface area contributed by atoms with E-state index in [1.165, 1.54) is 31.2 Å². The second-order valence-electron chi connectivity index (χ2n) is 21.6. The molecule has 0 heterocycles. The van der Waals surface area contributed by atoms with Crippen molar-refractivity contribution in [1.82, 2.24) is 58.5 Å². The van der Waals surface area contributed by atoms with Gasteiger partial charge in [0.1, 0.15) is 48.3 Å². The average molecular weight is 1360 g/mol. The first-order valence-corrected chi connectivity index (χ1v) is 31.2. The molecular formula is C55H93N19O19S. The Hall–Kier alpha value is -8.89. The molecule has 0 bridgehead atoms. The number of nitrogens with one attached hydrogen (secondary N) is 11. The van der Waals surface area contributed by atoms with E-state index in [1.54, 1.807) is 0 Å². The average Bonchev–Trinajstić information content (AvgIpc) is 1.01. The molecule has 0 aliphatic rings. The number of guanidine groups is 1. The van der Waals surface area contributed by atoms with Crippen molar-refractivity contribution >= 4 is 100 Å². The van der Waals surface area contributed by atoms with Crippen molar-refractivity contribution in [3.05, 3.63) is 39.9 Å². The molecule has 0 aliphatic carbocycles. The van der Waals surface area contributed by atoms with Crippen LogP contribution in [0, 0.1) is 10.1 Å². The zero-order valence-electron chi connectivity index (χ0n) is 52.7. The Morgan fingerprint density at radius 3 is 1.64 bits per heavy atom. The van der Waals surface area contributed by atoms with E-state index in [2.05, 4.69) is 63.5 Å². The van der Waals surface area contributed by atoms with Crippen LogP contribution in [0.5, 0.6) is 0 Å². The van der Waals surface area contributed by atoms with Gasteiger partial charge in [-0.2, -0.15) is 11.8 Å². The zero-order chi connectivity index (χ0) is 71.0. The van der Waals surface area contributed by atoms with Gasteiger partial charge in [-0.1, -0.05) is 18.6 Å². The summed E-state index contributed by atoms with van der Waals surface area (Å²) in [5, 5.41) is 77.7. The molecule has 1 rings (SSSR count). The number of thioether (sulfide) groups is 1. The lowest BCUT2D eigenvalue weighted by Crippen LogP contribution is -2.62. The number of nitrogens with two attached hydrogens (primary N) is 6. The Kier molecular flexibility index (Phi) is 40.2. The van der Waals surface area contributed by atoms with Crippen molar-refractivity contribution in [2.75, 3.05) is 50.8 Å². The molecule has 38 nitrogen and oxygen atoms in total. The Balaban J connectivity index is 3.44. The number of rotatable bonds is 48. The van der Waals surface area contributed by atoms with Crippen LogP contribution in [-0.2, 0) is 68.9 Å². The number of carbonyl (C=O) groups excluding carboxylic acids is 12. The van der Waals surface area contributed by atoms with Crippen LogP contribution in [0.2, 0.25) is 0 Å². The molecule has 94 heavy (non-hydrogen) atoms. The van der Waals surface area contributed by atoms with Crippen molar-refractivity contribution < 1.29 is 87.7 Å². The smallest absolute Gasteiger partial charge is 0.326 e. The number of carbonyl (C=O) groups is 13. The van der Waals surface area contributed by atoms with Gasteiger partial charge in [-0.15, -0.1) is 0 Å². The summed E-state index contributed by atoms with van der Waals surface area (Å²) in [4.78, 5) is 185. The number of non-ortho nitro benzene ring substituents is 1. The number of benzene rings is 1. The third-order valence-electron chi connectivity index (χ3n) is 13.6. The van der Waals surface area contributed by atoms with Crippen molar-refractivity contribution in [1.29, 1.82) is 0 Å². The number of amides is 12. The zero-order valence-corrected chi connectivity index (χ0v) is 53.5. The summed E-state index contributed by atoms with van der Waals surface area (Å²) in [6, 6.07) is -8.70. The minimum atomic E-state index is -1.92. The number of carboxylic acid groups (broad SMARTS) is 1. The van der Waals surface area contributed by atoms with Gasteiger partial charge in [0, 0.05) is 43.8 Å². The van der Waals surface area contributed by atoms with Gasteiger partial charge in [-0.3, -0.25) is 72.6 Å². The predicted molar refractivity (Wildman–Crippen MR) is 339 cm³/mol. The number of aliphatic imine (C=N–C) groups is 1. The molecule has 528 valence electrons. The van der Waals surface area contributed by atoms with Crippen LogP contribution in [-0.4, -0.2) is 226 Å². The molecule has 1 aromatic rings. The Morgan fingerprint density at radius 1 is 0.553 bits per heavy atom. The number of aliphatic hydroxyl groups is 3. The molecule has 39 heteroatoms. The van der Waals surface area contributed by atoms with Crippen LogP contribution in [0.15, 0.2) is 29.3 Å². The second-order valence-corrected chi connectivity index (χ2v) is 22.7. The summed E-state index contributed by atoms with van der Waals surface area (Å²) in [6.07, 6.45) is -1.99. The lowest BCUT2D eigenvalue weighted by Gasteiger charge is -2.28. The molecule has 0 fully saturated rings. The second kappa shape index (κ2) is 45.4. The lowest BCUT2D eigenvalue weighted by atomic mass is 10.1. The number of carboxylic acids is 1. The highest BCUT2D eigenvalue weighted by molar-refractivity contribution is 7.99. The van der Waals surface area contributed by atoms with E-state index in [0.29, 0.717) is 44.3 Å². The van der Waals surface area contributed by atoms with Gasteiger partial charge in [0.05, 0.1) is 42.9 Å². The Labute approximate surface area is 545 Å². The number of aliphatic carboxylic acids is 1. The van der Waals surface area contributed by atoms with Crippen molar-refractivity contribution in [2.45, 2.75) is 171 Å². The van der Waals surface area contributed by atoms with Gasteiger partial charge in [0.15, 0.2) is 5.96 Å². The highest BCUT2D eigenvalue weighted by Crippen LogP contribution is 2.14. The van der Waals surface area contributed by atoms with Crippen LogP contribution >= 0.6 is 11.8 Å². The SMILES string of the molecule is C[C@H](NC(=O)[C@@H](NC(=O)[C@H](CCC(N)=O)NC(=O)[C@@H](N)CCCCN)[C@@H](C)O)C(=O)N[C@@H](CCCN=C(N)N)C(=O)N[C@@H](CSCCCC(=O)NCc1ccc([N+](=O)[O-])cc1)C(=O)N[C@@H](CO)C(=O)N[C@H](C(=O)NCC(=O)NCC(=O)N[C@@H](CCCCN)C(=O)O)[C@@H](C)O. The maximum Gasteiger partial charge on any atom is 0.326 e. The van der Waals surface area contributed by atoms with E-state index < -0.39 is 174 Å². The van der Waals surface area contributed by atoms with E-state index in [0.717, 1.165) is 25.6 Å². The minimum absolute atomic E-state index is 0.00503. The molecule has 12 amide bonds. The van der Waals surface area contributed by atoms with Crippen molar-refractivity contribution in [3.8, 4) is 0 Å². The van der Waals surface area contributed by atoms with E-state index in [1.807, 2.05) is 0 Å².